The van der Waals surface area contributed by atoms with Crippen molar-refractivity contribution < 1.29 is 4.79 Å². The van der Waals surface area contributed by atoms with Gasteiger partial charge in [0.05, 0.1) is 18.4 Å². The summed E-state index contributed by atoms with van der Waals surface area (Å²) in [5.74, 6) is 0.744. The van der Waals surface area contributed by atoms with Crippen molar-refractivity contribution in [3.8, 4) is 5.82 Å². The molecule has 21 heavy (non-hydrogen) atoms. The maximum Gasteiger partial charge on any atom is 0.238 e. The maximum absolute atomic E-state index is 11.9. The van der Waals surface area contributed by atoms with E-state index in [0.717, 1.165) is 5.82 Å². The van der Waals surface area contributed by atoms with Crippen LogP contribution in [-0.2, 0) is 4.79 Å². The summed E-state index contributed by atoms with van der Waals surface area (Å²) in [5, 5.41) is 6.14. The molecule has 0 bridgehead atoms. The molecule has 2 aromatic rings. The number of rotatable bonds is 5. The molecule has 3 rings (SSSR count). The number of aromatic nitrogens is 3. The van der Waals surface area contributed by atoms with E-state index in [1.807, 2.05) is 22.9 Å². The summed E-state index contributed by atoms with van der Waals surface area (Å²) in [7, 11) is 0. The Balaban J connectivity index is 1.51. The largest absolute Gasteiger partial charge is 0.324 e. The molecule has 2 heterocycles. The normalized spacial score (nSPS) is 15.2. The summed E-state index contributed by atoms with van der Waals surface area (Å²) in [6.07, 6.45) is 11.7. The summed E-state index contributed by atoms with van der Waals surface area (Å²) in [6.45, 7) is 0.355. The molecule has 0 spiro atoms. The number of amides is 1. The van der Waals surface area contributed by atoms with Crippen molar-refractivity contribution in [2.45, 2.75) is 31.7 Å². The Morgan fingerprint density at radius 1 is 1.33 bits per heavy atom. The highest BCUT2D eigenvalue weighted by Crippen LogP contribution is 2.17. The van der Waals surface area contributed by atoms with Crippen LogP contribution in [0.15, 0.2) is 37.1 Å². The molecule has 1 aliphatic carbocycles. The van der Waals surface area contributed by atoms with E-state index in [0.29, 0.717) is 18.3 Å². The molecule has 0 radical (unpaired) electrons. The average Bonchev–Trinajstić information content (AvgIpc) is 3.19. The van der Waals surface area contributed by atoms with Gasteiger partial charge in [0, 0.05) is 18.4 Å². The first kappa shape index (κ1) is 13.8. The lowest BCUT2D eigenvalue weighted by molar-refractivity contribution is -0.115. The predicted octanol–water partition coefficient (Wildman–Crippen LogP) is 1.74. The highest BCUT2D eigenvalue weighted by molar-refractivity contribution is 5.92. The Labute approximate surface area is 123 Å². The Kier molecular flexibility index (Phi) is 4.25. The quantitative estimate of drug-likeness (QED) is 0.877. The molecule has 2 N–H and O–H groups in total. The van der Waals surface area contributed by atoms with E-state index in [9.17, 15) is 4.79 Å². The van der Waals surface area contributed by atoms with Crippen molar-refractivity contribution >= 4 is 11.6 Å². The monoisotopic (exact) mass is 285 g/mol. The Morgan fingerprint density at radius 2 is 2.19 bits per heavy atom. The zero-order valence-electron chi connectivity index (χ0n) is 11.8. The second-order valence-electron chi connectivity index (χ2n) is 5.29. The van der Waals surface area contributed by atoms with Crippen LogP contribution in [-0.4, -0.2) is 33.0 Å². The van der Waals surface area contributed by atoms with Gasteiger partial charge in [0.15, 0.2) is 0 Å². The van der Waals surface area contributed by atoms with E-state index in [1.165, 1.54) is 25.7 Å². The van der Waals surface area contributed by atoms with Crippen molar-refractivity contribution in [2.24, 2.45) is 0 Å². The third-order valence-electron chi connectivity index (χ3n) is 3.71. The van der Waals surface area contributed by atoms with E-state index < -0.39 is 0 Å². The Morgan fingerprint density at radius 3 is 2.86 bits per heavy atom. The van der Waals surface area contributed by atoms with Crippen LogP contribution in [0.2, 0.25) is 0 Å². The molecule has 1 fully saturated rings. The van der Waals surface area contributed by atoms with Crippen molar-refractivity contribution in [3.05, 3.63) is 37.1 Å². The number of pyridine rings is 1. The standard InChI is InChI=1S/C15H19N5O/c21-15(10-17-12-3-1-2-4-12)19-13-5-6-14(18-9-13)20-8-7-16-11-20/h5-9,11-12,17H,1-4,10H2,(H,19,21). The molecule has 6 nitrogen and oxygen atoms in total. The highest BCUT2D eigenvalue weighted by atomic mass is 16.1. The smallest absolute Gasteiger partial charge is 0.238 e. The predicted molar refractivity (Wildman–Crippen MR) is 80.2 cm³/mol. The fourth-order valence-electron chi connectivity index (χ4n) is 2.58. The molecule has 1 saturated carbocycles. The minimum atomic E-state index is -0.0286. The van der Waals surface area contributed by atoms with Gasteiger partial charge in [0.25, 0.3) is 0 Å². The van der Waals surface area contributed by atoms with Gasteiger partial charge in [-0.1, -0.05) is 12.8 Å². The number of hydrogen-bond donors (Lipinski definition) is 2. The molecule has 0 atom stereocenters. The molecule has 6 heteroatoms. The van der Waals surface area contributed by atoms with E-state index >= 15 is 0 Å². The topological polar surface area (TPSA) is 71.8 Å². The Bertz CT molecular complexity index is 573. The van der Waals surface area contributed by atoms with Crippen LogP contribution in [0, 0.1) is 0 Å². The number of nitrogens with zero attached hydrogens (tertiary/aromatic N) is 3. The first-order valence-corrected chi connectivity index (χ1v) is 7.29. The van der Waals surface area contributed by atoms with Crippen LogP contribution in [0.25, 0.3) is 5.82 Å². The number of nitrogens with one attached hydrogen (secondary N) is 2. The van der Waals surface area contributed by atoms with Crippen LogP contribution < -0.4 is 10.6 Å². The lowest BCUT2D eigenvalue weighted by atomic mass is 10.2. The summed E-state index contributed by atoms with van der Waals surface area (Å²) in [4.78, 5) is 20.1. The molecule has 110 valence electrons. The van der Waals surface area contributed by atoms with Gasteiger partial charge < -0.3 is 10.6 Å². The Hall–Kier alpha value is -2.21. The van der Waals surface area contributed by atoms with Crippen LogP contribution in [0.3, 0.4) is 0 Å². The number of hydrogen-bond acceptors (Lipinski definition) is 4. The first-order valence-electron chi connectivity index (χ1n) is 7.29. The number of anilines is 1. The van der Waals surface area contributed by atoms with E-state index in [1.54, 1.807) is 18.7 Å². The van der Waals surface area contributed by atoms with Crippen LogP contribution in [0.1, 0.15) is 25.7 Å². The van der Waals surface area contributed by atoms with Gasteiger partial charge in [0.2, 0.25) is 5.91 Å². The SMILES string of the molecule is O=C(CNC1CCCC1)Nc1ccc(-n2ccnc2)nc1. The van der Waals surface area contributed by atoms with Crippen molar-refractivity contribution in [2.75, 3.05) is 11.9 Å². The van der Waals surface area contributed by atoms with Crippen LogP contribution in [0.4, 0.5) is 5.69 Å². The summed E-state index contributed by atoms with van der Waals surface area (Å²) in [5.41, 5.74) is 0.706. The van der Waals surface area contributed by atoms with E-state index in [-0.39, 0.29) is 5.91 Å². The summed E-state index contributed by atoms with van der Waals surface area (Å²) >= 11 is 0. The van der Waals surface area contributed by atoms with Crippen molar-refractivity contribution in [1.29, 1.82) is 0 Å². The fourth-order valence-corrected chi connectivity index (χ4v) is 2.58. The maximum atomic E-state index is 11.9. The highest BCUT2D eigenvalue weighted by Gasteiger charge is 2.15. The summed E-state index contributed by atoms with van der Waals surface area (Å²) in [6, 6.07) is 4.19. The van der Waals surface area contributed by atoms with Gasteiger partial charge in [-0.2, -0.15) is 0 Å². The zero-order valence-corrected chi connectivity index (χ0v) is 11.8. The van der Waals surface area contributed by atoms with Gasteiger partial charge in [-0.25, -0.2) is 9.97 Å². The zero-order chi connectivity index (χ0) is 14.5. The van der Waals surface area contributed by atoms with Gasteiger partial charge in [-0.15, -0.1) is 0 Å². The molecule has 2 aromatic heterocycles. The first-order chi connectivity index (χ1) is 10.3. The molecule has 0 saturated heterocycles. The molecular formula is C15H19N5O. The summed E-state index contributed by atoms with van der Waals surface area (Å²) < 4.78 is 1.81. The van der Waals surface area contributed by atoms with Gasteiger partial charge >= 0.3 is 0 Å². The van der Waals surface area contributed by atoms with E-state index in [2.05, 4.69) is 20.6 Å². The molecular weight excluding hydrogens is 266 g/mol. The van der Waals surface area contributed by atoms with Crippen molar-refractivity contribution in [3.63, 3.8) is 0 Å². The lowest BCUT2D eigenvalue weighted by Crippen LogP contribution is -2.34. The minimum absolute atomic E-state index is 0.0286. The molecule has 1 amide bonds. The lowest BCUT2D eigenvalue weighted by Gasteiger charge is -2.11. The molecule has 0 unspecified atom stereocenters. The number of carbonyl (C=O) groups excluding carboxylic acids is 1. The third kappa shape index (κ3) is 3.66. The third-order valence-corrected chi connectivity index (χ3v) is 3.71. The van der Waals surface area contributed by atoms with Crippen LogP contribution in [0.5, 0.6) is 0 Å². The second kappa shape index (κ2) is 6.49. The van der Waals surface area contributed by atoms with Gasteiger partial charge in [-0.3, -0.25) is 9.36 Å². The minimum Gasteiger partial charge on any atom is -0.324 e. The number of imidazole rings is 1. The van der Waals surface area contributed by atoms with Gasteiger partial charge in [0.1, 0.15) is 12.1 Å². The van der Waals surface area contributed by atoms with Crippen LogP contribution >= 0.6 is 0 Å². The molecule has 0 aliphatic heterocycles. The van der Waals surface area contributed by atoms with Crippen molar-refractivity contribution in [1.82, 2.24) is 19.9 Å². The molecule has 1 aliphatic rings. The number of carbonyl (C=O) groups is 1. The van der Waals surface area contributed by atoms with Gasteiger partial charge in [-0.05, 0) is 25.0 Å². The van der Waals surface area contributed by atoms with E-state index in [4.69, 9.17) is 0 Å². The fraction of sp³-hybridized carbons (Fsp3) is 0.400. The average molecular weight is 285 g/mol. The second-order valence-corrected chi connectivity index (χ2v) is 5.29. The molecule has 0 aromatic carbocycles.